The molecule has 20 aromatic rings. The molecule has 11 aromatic heterocycles. The predicted molar refractivity (Wildman–Crippen MR) is 609 cm³/mol. The first-order chi connectivity index (χ1) is 87.2. The number of aromatic nitrogens is 7. The van der Waals surface area contributed by atoms with Gasteiger partial charge in [0.25, 0.3) is 0 Å². The molecule has 11 heterocycles. The Kier molecular flexibility index (Phi) is 14.8. The molecule has 0 fully saturated rings. The van der Waals surface area contributed by atoms with Gasteiger partial charge in [0.05, 0.1) is 39.0 Å². The van der Waals surface area contributed by atoms with Crippen LogP contribution >= 0.6 is 0 Å². The highest BCUT2D eigenvalue weighted by Crippen LogP contribution is 2.62. The number of hydrogen-bond acceptors (Lipinski definition) is 7. The van der Waals surface area contributed by atoms with Crippen LogP contribution in [0.5, 0.6) is 0 Å². The van der Waals surface area contributed by atoms with Gasteiger partial charge in [-0.2, -0.15) is 0 Å². The topological polar surface area (TPSA) is 107 Å². The number of aryl methyl sites for hydroxylation is 9. The van der Waals surface area contributed by atoms with Crippen molar-refractivity contribution in [3.05, 3.63) is 338 Å². The molecule has 0 spiro atoms. The normalized spacial score (nSPS) is 22.4. The number of rotatable bonds is 14. The van der Waals surface area contributed by atoms with Crippen molar-refractivity contribution in [2.24, 2.45) is 50.8 Å². The molecule has 0 amide bonds. The fraction of sp³-hybridized carbons (Fsp3) is 0.346. The van der Waals surface area contributed by atoms with Gasteiger partial charge in [0.1, 0.15) is 39.4 Å². The molecule has 0 N–H and O–H groups in total. The van der Waals surface area contributed by atoms with E-state index in [4.69, 9.17) is 77.0 Å². The van der Waals surface area contributed by atoms with Crippen LogP contribution in [0.4, 0.5) is 0 Å². The molecule has 9 aromatic carbocycles. The number of fused-ring (bicyclic) bond motifs is 26. The zero-order chi connectivity index (χ0) is 142. The molecule has 11 heteroatoms. The van der Waals surface area contributed by atoms with Crippen LogP contribution in [0.2, 0.25) is 0 Å². The molecule has 11 nitrogen and oxygen atoms in total. The summed E-state index contributed by atoms with van der Waals surface area (Å²) in [5.41, 5.74) is 0.935. The Morgan fingerprint density at radius 3 is 1.20 bits per heavy atom. The molecule has 4 aliphatic carbocycles. The molecule has 3 atom stereocenters. The van der Waals surface area contributed by atoms with E-state index in [1.807, 2.05) is 180 Å². The Morgan fingerprint density at radius 1 is 0.354 bits per heavy atom. The van der Waals surface area contributed by atoms with Crippen LogP contribution in [0.25, 0.3) is 178 Å². The monoisotopic (exact) mass is 1990 g/mol. The third-order valence-electron chi connectivity index (χ3n) is 29.2. The summed E-state index contributed by atoms with van der Waals surface area (Å²) in [4.78, 5) is 14.3. The maximum absolute atomic E-state index is 9.96. The van der Waals surface area contributed by atoms with Crippen LogP contribution in [0, 0.1) is 57.2 Å². The van der Waals surface area contributed by atoms with E-state index in [0.717, 1.165) is 102 Å². The first-order valence-electron chi connectivity index (χ1n) is 71.2. The summed E-state index contributed by atoms with van der Waals surface area (Å²) >= 11 is 0. The minimum Gasteiger partial charge on any atom is -0.454 e. The standard InChI is InChI=1S/C38H45N2O.C36H41N2O.C32H32NO.C30H29N2O/c1-23(2)25-17-18-40(10)31(19-25)32-24(3)15-16-27-29-20-28-26-13-11-12-14-30(26)38(21-36(4,5)6,22-37(7,8)9)34(28)39-35(29)41-33(27)32;1-21(2)19-36(20-22(3)4)30-12-10-9-11-26(30)28-18-29-27-14-13-24(7)32(33(27)39-35(29)37-34(28)36)31-17-25(23(5)6)15-16-38(31)8;1-18(2)24-16-27(33(7)17-20(24)4)28-19(3)12-13-21-22-14-15-26-29(31(22)34-30(21)28)23-10-8-9-11-25(23)32(26,5)6;1-17(2)19-13-14-32(6)24(15-19)25-18(3)11-12-21-26-27-22(16-31-29(26)33-28(21)25)20-9-7-8-10-23(20)30(27,4)5/h11-20,23H,21-22H2,1-10H3;9-18,21-23H,19-20H2,1-8H3;8-18H,1-7H3;7-17H,1-6H3/q4*+1/i4D3,5D3,7D3,21D2,22D2,23D;1D3,3D3,19D2,20D2,21D,22D,23D;4D3,5D3,6D3,18D;4D3,5D3,17D. The van der Waals surface area contributed by atoms with Gasteiger partial charge in [0, 0.05) is 196 Å². The zero-order valence-corrected chi connectivity index (χ0v) is 86.4. The van der Waals surface area contributed by atoms with Crippen LogP contribution in [-0.4, -0.2) is 15.0 Å². The lowest BCUT2D eigenvalue weighted by Gasteiger charge is -2.41. The Morgan fingerprint density at radius 2 is 0.741 bits per heavy atom. The zero-order valence-electron chi connectivity index (χ0n) is 130. The number of hydrogen-bond donors (Lipinski definition) is 0. The van der Waals surface area contributed by atoms with Crippen LogP contribution in [0.3, 0.4) is 0 Å². The van der Waals surface area contributed by atoms with Crippen LogP contribution in [0.1, 0.15) is 356 Å². The highest BCUT2D eigenvalue weighted by Gasteiger charge is 2.51. The molecule has 24 rings (SSSR count). The maximum atomic E-state index is 9.96. The van der Waals surface area contributed by atoms with Gasteiger partial charge in [-0.3, -0.25) is 0 Å². The van der Waals surface area contributed by atoms with Gasteiger partial charge >= 0.3 is 0 Å². The molecular weight excluding hydrogens is 1800 g/mol. The number of benzene rings is 9. The second-order valence-electron chi connectivity index (χ2n) is 41.5. The van der Waals surface area contributed by atoms with Crippen molar-refractivity contribution in [2.75, 3.05) is 0 Å². The first kappa shape index (κ1) is 59.9. The van der Waals surface area contributed by atoms with Crippen molar-refractivity contribution in [3.63, 3.8) is 0 Å². The second kappa shape index (κ2) is 36.4. The average molecular weight is 1990 g/mol. The van der Waals surface area contributed by atoms with Gasteiger partial charge in [-0.1, -0.05) is 309 Å². The lowest BCUT2D eigenvalue weighted by Crippen LogP contribution is -2.35. The lowest BCUT2D eigenvalue weighted by atomic mass is 9.63. The largest absolute Gasteiger partial charge is 0.454 e. The summed E-state index contributed by atoms with van der Waals surface area (Å²) in [5.74, 6) is -9.96. The van der Waals surface area contributed by atoms with Crippen LogP contribution in [0.15, 0.2) is 261 Å². The summed E-state index contributed by atoms with van der Waals surface area (Å²) in [5, 5.41) is 4.62. The van der Waals surface area contributed by atoms with Crippen molar-refractivity contribution in [1.82, 2.24) is 15.0 Å². The molecule has 0 bridgehead atoms. The average Bonchev–Trinajstić information content (AvgIpc) is 1.49. The van der Waals surface area contributed by atoms with Crippen molar-refractivity contribution >= 4 is 88.1 Å². The van der Waals surface area contributed by atoms with Gasteiger partial charge in [0.2, 0.25) is 39.9 Å². The number of pyridine rings is 7. The van der Waals surface area contributed by atoms with Crippen LogP contribution < -0.4 is 18.3 Å². The molecule has 3 unspecified atom stereocenters. The highest BCUT2D eigenvalue weighted by molar-refractivity contribution is 6.17. The number of nitrogens with zero attached hydrogens (tertiary/aromatic N) is 7. The quantitative estimate of drug-likeness (QED) is 0.0998. The van der Waals surface area contributed by atoms with Crippen molar-refractivity contribution in [2.45, 2.75) is 257 Å². The summed E-state index contributed by atoms with van der Waals surface area (Å²) in [6, 6.07) is 60.7. The molecule has 0 saturated heterocycles. The fourth-order valence-corrected chi connectivity index (χ4v) is 22.4. The molecule has 0 aliphatic heterocycles. The van der Waals surface area contributed by atoms with Gasteiger partial charge in [0.15, 0.2) is 41.5 Å². The van der Waals surface area contributed by atoms with Gasteiger partial charge in [-0.25, -0.2) is 33.2 Å². The maximum Gasteiger partial charge on any atom is 0.227 e. The third-order valence-corrected chi connectivity index (χ3v) is 29.2. The molecule has 0 radical (unpaired) electrons. The Hall–Kier alpha value is -13.8. The van der Waals surface area contributed by atoms with E-state index in [1.165, 1.54) is 30.5 Å². The summed E-state index contributed by atoms with van der Waals surface area (Å²) < 4.78 is 419. The second-order valence-corrected chi connectivity index (χ2v) is 41.5. The van der Waals surface area contributed by atoms with Crippen LogP contribution in [-0.2, 0) is 49.9 Å². The summed E-state index contributed by atoms with van der Waals surface area (Å²) in [6.45, 7) is -4.40. The van der Waals surface area contributed by atoms with Gasteiger partial charge in [-0.05, 0) is 219 Å². The van der Waals surface area contributed by atoms with E-state index < -0.39 is 162 Å². The minimum atomic E-state index is -3.59. The Balaban J connectivity index is 0.000000142. The van der Waals surface area contributed by atoms with E-state index in [1.54, 1.807) is 162 Å². The van der Waals surface area contributed by atoms with E-state index in [-0.39, 0.29) is 89.7 Å². The SMILES string of the molecule is [2H]C(C)(C)c1cc[n+](C)c(-c2c(C)ccc3c2oc2nc4c(cc23)-c2ccccc2C4(C([2H])([2H])C(C)(C)C([2H])([2H])[2H])C([2H])([2H])C(C)(C([2H])([2H])[2H])C([2H])([2H])[2H])c1.[2H]C(C)(C)c1cc[n+](C)c(-c2c(C)ccc3c2oc2nc4c(cc23)-c2ccccc2C4(C([2H])([2H])C([2H])(C)C([2H])([2H])[2H])C([2H])([2H])C([2H])(C)C([2H])([2H])[2H])c1.[2H]C(C)(C)c1cc[n+](C)c(-c2c(C)ccc3c2oc2ncc4c(c23)C(C([2H])([2H])[2H])(C([2H])([2H])[2H])c2ccccc2-4)c1.[2H]C([2H])([2H])c1c[n+](C)c(-c2c(C)ccc3c2oc2c4c(ccc23)C(C([2H])([2H])[2H])(C([2H])([2H])[2H])c2ccccc2-4)cc1C([2H])(C)C. The van der Waals surface area contributed by atoms with E-state index in [2.05, 4.69) is 4.98 Å². The highest BCUT2D eigenvalue weighted by atomic mass is 16.4. The fourth-order valence-electron chi connectivity index (χ4n) is 22.4. The lowest BCUT2D eigenvalue weighted by molar-refractivity contribution is -0.660. The first-order valence-corrected chi connectivity index (χ1v) is 49.2. The molecule has 746 valence electrons. The molecule has 0 saturated carbocycles. The summed E-state index contributed by atoms with van der Waals surface area (Å²) in [6.07, 6.45) is -4.99. The summed E-state index contributed by atoms with van der Waals surface area (Å²) in [7, 11) is 7.39. The molecule has 147 heavy (non-hydrogen) atoms. The third kappa shape index (κ3) is 16.4. The van der Waals surface area contributed by atoms with E-state index >= 15 is 0 Å². The Bertz CT molecular complexity index is 10800. The van der Waals surface area contributed by atoms with Crippen molar-refractivity contribution < 1.29 is 96.3 Å². The smallest absolute Gasteiger partial charge is 0.227 e. The predicted octanol–water partition coefficient (Wildman–Crippen LogP) is 34.6. The number of furan rings is 4. The molecular formula is C136H147N7O4+4. The molecule has 4 aliphatic rings. The van der Waals surface area contributed by atoms with Gasteiger partial charge in [-0.15, -0.1) is 0 Å². The minimum absolute atomic E-state index is 0.0508. The van der Waals surface area contributed by atoms with E-state index in [0.29, 0.717) is 116 Å². The van der Waals surface area contributed by atoms with Crippen molar-refractivity contribution in [1.29, 1.82) is 0 Å². The Labute approximate surface area is 931 Å². The van der Waals surface area contributed by atoms with Gasteiger partial charge < -0.3 is 17.7 Å². The van der Waals surface area contributed by atoms with Crippen molar-refractivity contribution in [3.8, 4) is 89.5 Å². The van der Waals surface area contributed by atoms with E-state index in [9.17, 15) is 11.0 Å².